The van der Waals surface area contributed by atoms with Gasteiger partial charge in [-0.1, -0.05) is 18.2 Å². The van der Waals surface area contributed by atoms with Crippen LogP contribution in [0.1, 0.15) is 47.0 Å². The topological polar surface area (TPSA) is 112 Å². The lowest BCUT2D eigenvalue weighted by Crippen LogP contribution is -2.38. The maximum atomic E-state index is 12.6. The Balaban J connectivity index is 1.41. The molecule has 0 aliphatic carbocycles. The lowest BCUT2D eigenvalue weighted by Gasteiger charge is -2.32. The number of nitrogens with two attached hydrogens (primary N) is 1. The summed E-state index contributed by atoms with van der Waals surface area (Å²) >= 11 is 0. The highest BCUT2D eigenvalue weighted by Gasteiger charge is 2.27. The molecule has 30 heavy (non-hydrogen) atoms. The van der Waals surface area contributed by atoms with Crippen molar-refractivity contribution in [1.29, 1.82) is 0 Å². The van der Waals surface area contributed by atoms with E-state index in [1.807, 2.05) is 35.2 Å². The van der Waals surface area contributed by atoms with Crippen molar-refractivity contribution in [2.45, 2.75) is 31.6 Å². The zero-order chi connectivity index (χ0) is 21.1. The van der Waals surface area contributed by atoms with Crippen molar-refractivity contribution in [2.75, 3.05) is 20.2 Å². The summed E-state index contributed by atoms with van der Waals surface area (Å²) in [5.74, 6) is 0.738. The van der Waals surface area contributed by atoms with Gasteiger partial charge in [0.15, 0.2) is 0 Å². The molecule has 3 heterocycles. The van der Waals surface area contributed by atoms with Crippen molar-refractivity contribution in [3.8, 4) is 5.88 Å². The van der Waals surface area contributed by atoms with Gasteiger partial charge in [0.25, 0.3) is 11.8 Å². The molecule has 1 aliphatic rings. The zero-order valence-corrected chi connectivity index (χ0v) is 16.8. The Morgan fingerprint density at radius 1 is 1.23 bits per heavy atom. The third-order valence-electron chi connectivity index (χ3n) is 5.59. The Hall–Kier alpha value is -3.42. The Morgan fingerprint density at radius 2 is 2.00 bits per heavy atom. The second-order valence-electron chi connectivity index (χ2n) is 7.47. The Labute approximate surface area is 174 Å². The number of fused-ring (bicyclic) bond motifs is 1. The van der Waals surface area contributed by atoms with Crippen molar-refractivity contribution in [2.24, 2.45) is 5.73 Å². The molecule has 156 valence electrons. The Morgan fingerprint density at radius 3 is 2.70 bits per heavy atom. The highest BCUT2D eigenvalue weighted by molar-refractivity contribution is 5.97. The molecule has 2 aromatic heterocycles. The third-order valence-corrected chi connectivity index (χ3v) is 5.59. The van der Waals surface area contributed by atoms with E-state index in [4.69, 9.17) is 20.0 Å². The summed E-state index contributed by atoms with van der Waals surface area (Å²) in [4.78, 5) is 31.2. The number of methoxy groups -OCH3 is 1. The molecule has 1 saturated heterocycles. The number of carbonyl (C=O) groups is 2. The number of para-hydroxylation sites is 1. The summed E-state index contributed by atoms with van der Waals surface area (Å²) in [6.07, 6.45) is 2.32. The predicted molar refractivity (Wildman–Crippen MR) is 110 cm³/mol. The lowest BCUT2D eigenvalue weighted by molar-refractivity contribution is -0.132. The van der Waals surface area contributed by atoms with Gasteiger partial charge < -0.3 is 19.9 Å². The number of aromatic nitrogens is 2. The highest BCUT2D eigenvalue weighted by atomic mass is 16.5. The molecular weight excluding hydrogens is 384 g/mol. The standard InChI is InChI=1S/C22H24N4O4/c1-29-19-13-16(30-25-19)6-7-20(27)26-10-8-14(9-11-26)21-17(22(23)28)12-15-4-2-3-5-18(15)24-21/h2-5,12-14H,6-11H2,1H3,(H2,23,28). The van der Waals surface area contributed by atoms with Crippen LogP contribution in [0.5, 0.6) is 5.88 Å². The maximum Gasteiger partial charge on any atom is 0.254 e. The lowest BCUT2D eigenvalue weighted by atomic mass is 9.89. The molecule has 0 unspecified atom stereocenters. The number of pyridine rings is 1. The first-order valence-corrected chi connectivity index (χ1v) is 10.0. The van der Waals surface area contributed by atoms with E-state index in [1.165, 1.54) is 7.11 Å². The first kappa shape index (κ1) is 19.9. The zero-order valence-electron chi connectivity index (χ0n) is 16.8. The van der Waals surface area contributed by atoms with E-state index in [0.717, 1.165) is 29.4 Å². The van der Waals surface area contributed by atoms with Crippen LogP contribution in [0.4, 0.5) is 0 Å². The number of aryl methyl sites for hydroxylation is 1. The molecule has 8 nitrogen and oxygen atoms in total. The van der Waals surface area contributed by atoms with Gasteiger partial charge in [0, 0.05) is 43.3 Å². The first-order chi connectivity index (χ1) is 14.5. The molecule has 1 aromatic carbocycles. The molecule has 3 aromatic rings. The van der Waals surface area contributed by atoms with Gasteiger partial charge in [0.05, 0.1) is 23.9 Å². The summed E-state index contributed by atoms with van der Waals surface area (Å²) in [5, 5.41) is 4.64. The smallest absolute Gasteiger partial charge is 0.254 e. The highest BCUT2D eigenvalue weighted by Crippen LogP contribution is 2.31. The van der Waals surface area contributed by atoms with Gasteiger partial charge in [0.2, 0.25) is 5.91 Å². The van der Waals surface area contributed by atoms with Crippen LogP contribution in [0.2, 0.25) is 0 Å². The average Bonchev–Trinajstić information content (AvgIpc) is 3.25. The normalized spacial score (nSPS) is 14.8. The SMILES string of the molecule is COc1cc(CCC(=O)N2CCC(c3nc4ccccc4cc3C(N)=O)CC2)on1. The monoisotopic (exact) mass is 408 g/mol. The van der Waals surface area contributed by atoms with Crippen LogP contribution in [0, 0.1) is 0 Å². The molecule has 8 heteroatoms. The molecule has 1 fully saturated rings. The number of rotatable bonds is 6. The molecule has 2 amide bonds. The number of carbonyl (C=O) groups excluding carboxylic acids is 2. The van der Waals surface area contributed by atoms with Crippen molar-refractivity contribution in [3.05, 3.63) is 53.4 Å². The molecule has 4 rings (SSSR count). The van der Waals surface area contributed by atoms with Gasteiger partial charge in [-0.05, 0) is 30.1 Å². The molecule has 1 aliphatic heterocycles. The molecule has 0 radical (unpaired) electrons. The van der Waals surface area contributed by atoms with Gasteiger partial charge in [-0.3, -0.25) is 14.6 Å². The molecule has 2 N–H and O–H groups in total. The van der Waals surface area contributed by atoms with E-state index in [2.05, 4.69) is 5.16 Å². The Kier molecular flexibility index (Phi) is 5.65. The van der Waals surface area contributed by atoms with E-state index < -0.39 is 5.91 Å². The summed E-state index contributed by atoms with van der Waals surface area (Å²) in [6, 6.07) is 11.2. The number of piperidine rings is 1. The summed E-state index contributed by atoms with van der Waals surface area (Å²) in [5.41, 5.74) is 7.68. The van der Waals surface area contributed by atoms with Gasteiger partial charge >= 0.3 is 0 Å². The minimum absolute atomic E-state index is 0.0745. The van der Waals surface area contributed by atoms with Crippen LogP contribution in [-0.2, 0) is 11.2 Å². The van der Waals surface area contributed by atoms with Crippen molar-refractivity contribution < 1.29 is 18.8 Å². The number of nitrogens with zero attached hydrogens (tertiary/aromatic N) is 3. The van der Waals surface area contributed by atoms with Crippen LogP contribution < -0.4 is 10.5 Å². The van der Waals surface area contributed by atoms with E-state index in [1.54, 1.807) is 6.07 Å². The van der Waals surface area contributed by atoms with Gasteiger partial charge in [-0.25, -0.2) is 0 Å². The number of amides is 2. The molecule has 0 atom stereocenters. The van der Waals surface area contributed by atoms with Crippen molar-refractivity contribution in [1.82, 2.24) is 15.0 Å². The van der Waals surface area contributed by atoms with Crippen LogP contribution >= 0.6 is 0 Å². The summed E-state index contributed by atoms with van der Waals surface area (Å²) in [7, 11) is 1.52. The third kappa shape index (κ3) is 4.12. The number of ether oxygens (including phenoxy) is 1. The summed E-state index contributed by atoms with van der Waals surface area (Å²) in [6.45, 7) is 1.24. The summed E-state index contributed by atoms with van der Waals surface area (Å²) < 4.78 is 10.1. The molecule has 0 spiro atoms. The number of likely N-dealkylation sites (tertiary alicyclic amines) is 1. The maximum absolute atomic E-state index is 12.6. The van der Waals surface area contributed by atoms with Crippen LogP contribution in [0.3, 0.4) is 0 Å². The minimum atomic E-state index is -0.468. The second-order valence-corrected chi connectivity index (χ2v) is 7.47. The van der Waals surface area contributed by atoms with Gasteiger partial charge in [0.1, 0.15) is 5.76 Å². The van der Waals surface area contributed by atoms with E-state index >= 15 is 0 Å². The fourth-order valence-electron chi connectivity index (χ4n) is 3.94. The first-order valence-electron chi connectivity index (χ1n) is 10.0. The van der Waals surface area contributed by atoms with Gasteiger partial charge in [-0.2, -0.15) is 0 Å². The average molecular weight is 408 g/mol. The fraction of sp³-hybridized carbons (Fsp3) is 0.364. The van der Waals surface area contributed by atoms with Crippen LogP contribution in [0.15, 0.2) is 40.9 Å². The fourth-order valence-corrected chi connectivity index (χ4v) is 3.94. The van der Waals surface area contributed by atoms with Crippen molar-refractivity contribution in [3.63, 3.8) is 0 Å². The van der Waals surface area contributed by atoms with E-state index in [0.29, 0.717) is 43.1 Å². The number of primary amides is 1. The second kappa shape index (κ2) is 8.52. The molecular formula is C22H24N4O4. The molecule has 0 saturated carbocycles. The van der Waals surface area contributed by atoms with Crippen LogP contribution in [-0.4, -0.2) is 47.1 Å². The molecule has 0 bridgehead atoms. The number of benzene rings is 1. The Bertz CT molecular complexity index is 1070. The number of hydrogen-bond acceptors (Lipinski definition) is 6. The van der Waals surface area contributed by atoms with E-state index in [-0.39, 0.29) is 11.8 Å². The van der Waals surface area contributed by atoms with E-state index in [9.17, 15) is 9.59 Å². The van der Waals surface area contributed by atoms with Crippen molar-refractivity contribution >= 4 is 22.7 Å². The quantitative estimate of drug-likeness (QED) is 0.671. The largest absolute Gasteiger partial charge is 0.479 e. The van der Waals surface area contributed by atoms with Crippen LogP contribution in [0.25, 0.3) is 10.9 Å². The van der Waals surface area contributed by atoms with Gasteiger partial charge in [-0.15, -0.1) is 0 Å². The number of hydrogen-bond donors (Lipinski definition) is 1. The predicted octanol–water partition coefficient (Wildman–Crippen LogP) is 2.67. The minimum Gasteiger partial charge on any atom is -0.479 e.